The first-order valence-corrected chi connectivity index (χ1v) is 10.1. The highest BCUT2D eigenvalue weighted by molar-refractivity contribution is 6.42. The van der Waals surface area contributed by atoms with Crippen LogP contribution >= 0.6 is 0 Å². The summed E-state index contributed by atoms with van der Waals surface area (Å²) in [6, 6.07) is 12.7. The van der Waals surface area contributed by atoms with Gasteiger partial charge in [-0.1, -0.05) is 30.3 Å². The van der Waals surface area contributed by atoms with Crippen molar-refractivity contribution >= 4 is 23.3 Å². The van der Waals surface area contributed by atoms with Gasteiger partial charge in [-0.15, -0.1) is 0 Å². The van der Waals surface area contributed by atoms with Crippen LogP contribution in [-0.4, -0.2) is 35.6 Å². The zero-order valence-corrected chi connectivity index (χ0v) is 16.8. The molecular weight excluding hydrogens is 409 g/mol. The predicted octanol–water partition coefficient (Wildman–Crippen LogP) is 4.55. The van der Waals surface area contributed by atoms with Crippen LogP contribution in [0.2, 0.25) is 0 Å². The standard InChI is InChI=1S/C23H23F3N2O3/c24-23(25,26)18-9-11-19(12-10-18)27-20(29)13-8-16-5-4-14-28(15-16)22(31)21(30)17-6-2-1-3-7-17/h1-3,6-7,9-12,16H,4-5,8,13-15H2,(H,27,29). The van der Waals surface area contributed by atoms with E-state index in [0.29, 0.717) is 30.8 Å². The minimum absolute atomic E-state index is 0.0830. The van der Waals surface area contributed by atoms with Gasteiger partial charge in [-0.05, 0) is 49.4 Å². The van der Waals surface area contributed by atoms with Crippen LogP contribution < -0.4 is 5.32 Å². The van der Waals surface area contributed by atoms with Crippen molar-refractivity contribution in [1.82, 2.24) is 4.90 Å². The lowest BCUT2D eigenvalue weighted by atomic mass is 9.92. The summed E-state index contributed by atoms with van der Waals surface area (Å²) in [5.74, 6) is -1.30. The number of likely N-dealkylation sites (tertiary alicyclic amines) is 1. The number of ketones is 1. The molecule has 1 aliphatic heterocycles. The van der Waals surface area contributed by atoms with Gasteiger partial charge in [0.05, 0.1) is 5.56 Å². The number of carbonyl (C=O) groups is 3. The van der Waals surface area contributed by atoms with Crippen molar-refractivity contribution in [2.45, 2.75) is 31.9 Å². The smallest absolute Gasteiger partial charge is 0.336 e. The quantitative estimate of drug-likeness (QED) is 0.538. The summed E-state index contributed by atoms with van der Waals surface area (Å²) in [6.07, 6.45) is -2.12. The minimum atomic E-state index is -4.42. The fourth-order valence-electron chi connectivity index (χ4n) is 3.64. The van der Waals surface area contributed by atoms with E-state index in [9.17, 15) is 27.6 Å². The molecule has 1 aliphatic rings. The van der Waals surface area contributed by atoms with Crippen molar-refractivity contribution in [1.29, 1.82) is 0 Å². The highest BCUT2D eigenvalue weighted by Gasteiger charge is 2.30. The van der Waals surface area contributed by atoms with Gasteiger partial charge < -0.3 is 10.2 Å². The van der Waals surface area contributed by atoms with Gasteiger partial charge in [0.1, 0.15) is 0 Å². The first kappa shape index (κ1) is 22.5. The molecule has 31 heavy (non-hydrogen) atoms. The van der Waals surface area contributed by atoms with Gasteiger partial charge in [-0.2, -0.15) is 13.2 Å². The topological polar surface area (TPSA) is 66.5 Å². The van der Waals surface area contributed by atoms with E-state index in [4.69, 9.17) is 0 Å². The summed E-state index contributed by atoms with van der Waals surface area (Å²) in [7, 11) is 0. The third-order valence-corrected chi connectivity index (χ3v) is 5.31. The lowest BCUT2D eigenvalue weighted by molar-refractivity contribution is -0.137. The molecule has 2 aromatic carbocycles. The number of hydrogen-bond acceptors (Lipinski definition) is 3. The molecule has 2 aromatic rings. The summed E-state index contributed by atoms with van der Waals surface area (Å²) in [5.41, 5.74) is -0.125. The van der Waals surface area contributed by atoms with E-state index >= 15 is 0 Å². The number of piperidine rings is 1. The monoisotopic (exact) mass is 432 g/mol. The molecule has 2 amide bonds. The summed E-state index contributed by atoms with van der Waals surface area (Å²) < 4.78 is 37.8. The van der Waals surface area contributed by atoms with Crippen molar-refractivity contribution < 1.29 is 27.6 Å². The Kier molecular flexibility index (Phi) is 7.09. The molecule has 0 aliphatic carbocycles. The maximum Gasteiger partial charge on any atom is 0.416 e. The van der Waals surface area contributed by atoms with Crippen molar-refractivity contribution in [2.24, 2.45) is 5.92 Å². The van der Waals surface area contributed by atoms with Gasteiger partial charge in [0.2, 0.25) is 11.7 Å². The molecular formula is C23H23F3N2O3. The van der Waals surface area contributed by atoms with Crippen LogP contribution in [0.15, 0.2) is 54.6 Å². The van der Waals surface area contributed by atoms with Crippen LogP contribution in [0, 0.1) is 5.92 Å². The molecule has 1 saturated heterocycles. The van der Waals surface area contributed by atoms with Crippen LogP contribution in [0.4, 0.5) is 18.9 Å². The van der Waals surface area contributed by atoms with E-state index in [1.54, 1.807) is 30.3 Å². The first-order chi connectivity index (χ1) is 14.7. The Bertz CT molecular complexity index is 927. The number of halogens is 3. The second-order valence-corrected chi connectivity index (χ2v) is 7.62. The SMILES string of the molecule is O=C(CCC1CCCN(C(=O)C(=O)c2ccccc2)C1)Nc1ccc(C(F)(F)F)cc1. The van der Waals surface area contributed by atoms with Crippen LogP contribution in [0.25, 0.3) is 0 Å². The third kappa shape index (κ3) is 6.16. The molecule has 3 rings (SSSR count). The van der Waals surface area contributed by atoms with Crippen molar-refractivity contribution in [3.8, 4) is 0 Å². The number of rotatable bonds is 6. The van der Waals surface area contributed by atoms with E-state index in [0.717, 1.165) is 25.0 Å². The predicted molar refractivity (Wildman–Crippen MR) is 109 cm³/mol. The largest absolute Gasteiger partial charge is 0.416 e. The number of carbonyl (C=O) groups excluding carboxylic acids is 3. The molecule has 0 radical (unpaired) electrons. The normalized spacial score (nSPS) is 16.6. The Morgan fingerprint density at radius 2 is 1.68 bits per heavy atom. The Balaban J connectivity index is 1.48. The Labute approximate surface area is 178 Å². The average molecular weight is 432 g/mol. The van der Waals surface area contributed by atoms with Crippen molar-refractivity contribution in [2.75, 3.05) is 18.4 Å². The molecule has 1 atom stereocenters. The number of nitrogens with zero attached hydrogens (tertiary/aromatic N) is 1. The first-order valence-electron chi connectivity index (χ1n) is 10.1. The lowest BCUT2D eigenvalue weighted by Gasteiger charge is -2.32. The number of anilines is 1. The molecule has 5 nitrogen and oxygen atoms in total. The average Bonchev–Trinajstić information content (AvgIpc) is 2.77. The molecule has 0 bridgehead atoms. The van der Waals surface area contributed by atoms with E-state index in [-0.39, 0.29) is 18.2 Å². The summed E-state index contributed by atoms with van der Waals surface area (Å²) >= 11 is 0. The van der Waals surface area contributed by atoms with E-state index in [1.807, 2.05) is 0 Å². The Morgan fingerprint density at radius 1 is 1.00 bits per heavy atom. The molecule has 0 saturated carbocycles. The molecule has 0 aromatic heterocycles. The number of Topliss-reactive ketones (excluding diaryl/α,β-unsaturated/α-hetero) is 1. The lowest BCUT2D eigenvalue weighted by Crippen LogP contribution is -2.43. The summed E-state index contributed by atoms with van der Waals surface area (Å²) in [4.78, 5) is 38.6. The Hall–Kier alpha value is -3.16. The van der Waals surface area contributed by atoms with Crippen LogP contribution in [0.1, 0.15) is 41.6 Å². The maximum atomic E-state index is 12.6. The van der Waals surface area contributed by atoms with E-state index in [2.05, 4.69) is 5.32 Å². The summed E-state index contributed by atoms with van der Waals surface area (Å²) in [5, 5.41) is 2.59. The van der Waals surface area contributed by atoms with Gasteiger partial charge in [-0.3, -0.25) is 14.4 Å². The highest BCUT2D eigenvalue weighted by Crippen LogP contribution is 2.30. The number of alkyl halides is 3. The second-order valence-electron chi connectivity index (χ2n) is 7.62. The van der Waals surface area contributed by atoms with Crippen LogP contribution in [0.5, 0.6) is 0 Å². The molecule has 8 heteroatoms. The fourth-order valence-corrected chi connectivity index (χ4v) is 3.64. The molecule has 1 heterocycles. The molecule has 164 valence electrons. The zero-order valence-electron chi connectivity index (χ0n) is 16.8. The number of benzene rings is 2. The second kappa shape index (κ2) is 9.76. The van der Waals surface area contributed by atoms with Crippen LogP contribution in [0.3, 0.4) is 0 Å². The van der Waals surface area contributed by atoms with Crippen LogP contribution in [-0.2, 0) is 15.8 Å². The maximum absolute atomic E-state index is 12.6. The molecule has 1 N–H and O–H groups in total. The van der Waals surface area contributed by atoms with Gasteiger partial charge in [0, 0.05) is 30.8 Å². The molecule has 1 fully saturated rings. The zero-order chi connectivity index (χ0) is 22.4. The minimum Gasteiger partial charge on any atom is -0.336 e. The van der Waals surface area contributed by atoms with Gasteiger partial charge >= 0.3 is 6.18 Å². The van der Waals surface area contributed by atoms with Gasteiger partial charge in [0.15, 0.2) is 0 Å². The number of hydrogen-bond donors (Lipinski definition) is 1. The third-order valence-electron chi connectivity index (χ3n) is 5.31. The molecule has 0 spiro atoms. The highest BCUT2D eigenvalue weighted by atomic mass is 19.4. The van der Waals surface area contributed by atoms with Crippen molar-refractivity contribution in [3.05, 3.63) is 65.7 Å². The van der Waals surface area contributed by atoms with E-state index in [1.165, 1.54) is 17.0 Å². The van der Waals surface area contributed by atoms with Gasteiger partial charge in [0.25, 0.3) is 5.91 Å². The van der Waals surface area contributed by atoms with E-state index < -0.39 is 23.4 Å². The fraction of sp³-hybridized carbons (Fsp3) is 0.348. The summed E-state index contributed by atoms with van der Waals surface area (Å²) in [6.45, 7) is 0.913. The Morgan fingerprint density at radius 3 is 2.32 bits per heavy atom. The van der Waals surface area contributed by atoms with Crippen molar-refractivity contribution in [3.63, 3.8) is 0 Å². The van der Waals surface area contributed by atoms with Gasteiger partial charge in [-0.25, -0.2) is 0 Å². The number of nitrogens with one attached hydrogen (secondary N) is 1. The number of amides is 2. The molecule has 1 unspecified atom stereocenters.